The van der Waals surface area contributed by atoms with Crippen LogP contribution in [0.4, 0.5) is 5.69 Å². The zero-order chi connectivity index (χ0) is 22.3. The van der Waals surface area contributed by atoms with Crippen molar-refractivity contribution in [1.29, 1.82) is 0 Å². The fourth-order valence-electron chi connectivity index (χ4n) is 6.28. The van der Waals surface area contributed by atoms with Gasteiger partial charge in [-0.1, -0.05) is 0 Å². The fourth-order valence-corrected chi connectivity index (χ4v) is 9.61. The van der Waals surface area contributed by atoms with Crippen LogP contribution in [0.3, 0.4) is 0 Å². The molecule has 0 aromatic heterocycles. The molecule has 1 aliphatic carbocycles. The van der Waals surface area contributed by atoms with Crippen molar-refractivity contribution in [3.63, 3.8) is 0 Å². The van der Waals surface area contributed by atoms with Gasteiger partial charge in [0.25, 0.3) is 0 Å². The number of anilines is 1. The molecule has 0 amide bonds. The van der Waals surface area contributed by atoms with Gasteiger partial charge in [0.05, 0.1) is 0 Å². The van der Waals surface area contributed by atoms with E-state index in [0.717, 1.165) is 49.3 Å². The predicted octanol–water partition coefficient (Wildman–Crippen LogP) is 4.04. The zero-order valence-corrected chi connectivity index (χ0v) is 20.5. The van der Waals surface area contributed by atoms with E-state index in [2.05, 4.69) is 78.3 Å². The number of hydrogen-bond donors (Lipinski definition) is 1. The molecule has 32 heavy (non-hydrogen) atoms. The molecule has 1 saturated heterocycles. The second kappa shape index (κ2) is 8.22. The number of methoxy groups -OCH3 is 1. The zero-order valence-electron chi connectivity index (χ0n) is 18.8. The quantitative estimate of drug-likeness (QED) is 0.375. The molecule has 1 fully saturated rings. The van der Waals surface area contributed by atoms with Gasteiger partial charge in [-0.2, -0.15) is 0 Å². The van der Waals surface area contributed by atoms with Crippen LogP contribution < -0.4 is 9.78 Å². The molecule has 2 aromatic carbocycles. The first-order valence-electron chi connectivity index (χ1n) is 11.4. The number of rotatable bonds is 6. The number of nitrogens with one attached hydrogen (secondary N) is 1. The van der Waals surface area contributed by atoms with E-state index >= 15 is 0 Å². The number of esters is 1. The fraction of sp³-hybridized carbons (Fsp3) is 0.370. The normalized spacial score (nSPS) is 28.5. The van der Waals surface area contributed by atoms with Gasteiger partial charge in [0.1, 0.15) is 0 Å². The third-order valence-electron chi connectivity index (χ3n) is 7.47. The molecule has 0 radical (unpaired) electrons. The first-order chi connectivity index (χ1) is 15.6. The van der Waals surface area contributed by atoms with Gasteiger partial charge in [-0.15, -0.1) is 0 Å². The number of para-hydroxylation sites is 1. The van der Waals surface area contributed by atoms with E-state index < -0.39 is 0 Å². The third-order valence-corrected chi connectivity index (χ3v) is 10.8. The Morgan fingerprint density at radius 1 is 1.25 bits per heavy atom. The van der Waals surface area contributed by atoms with Crippen molar-refractivity contribution < 1.29 is 9.53 Å². The van der Waals surface area contributed by atoms with Gasteiger partial charge in [0.2, 0.25) is 0 Å². The average Bonchev–Trinajstić information content (AvgIpc) is 3.38. The maximum atomic E-state index is 13.2. The van der Waals surface area contributed by atoms with E-state index in [-0.39, 0.29) is 30.7 Å². The minimum absolute atomic E-state index is 0.0278. The molecule has 2 aromatic rings. The van der Waals surface area contributed by atoms with Crippen molar-refractivity contribution in [1.82, 2.24) is 4.90 Å². The summed E-state index contributed by atoms with van der Waals surface area (Å²) in [5.41, 5.74) is 4.16. The van der Waals surface area contributed by atoms with Crippen molar-refractivity contribution in [2.24, 2.45) is 0 Å². The molecule has 0 unspecified atom stereocenters. The number of hydrogen-bond acceptors (Lipinski definition) is 4. The van der Waals surface area contributed by atoms with Crippen LogP contribution in [0.15, 0.2) is 78.5 Å². The summed E-state index contributed by atoms with van der Waals surface area (Å²) in [6.07, 6.45) is 4.78. The van der Waals surface area contributed by atoms with Gasteiger partial charge in [0, 0.05) is 0 Å². The van der Waals surface area contributed by atoms with Gasteiger partial charge in [0.15, 0.2) is 0 Å². The second-order valence-corrected chi connectivity index (χ2v) is 12.1. The van der Waals surface area contributed by atoms with Crippen LogP contribution in [-0.2, 0) is 14.9 Å². The summed E-state index contributed by atoms with van der Waals surface area (Å²) in [5.74, 6) is -0.193. The number of fused-ring (bicyclic) bond motifs is 1. The van der Waals surface area contributed by atoms with Crippen molar-refractivity contribution in [3.05, 3.63) is 84.1 Å². The summed E-state index contributed by atoms with van der Waals surface area (Å²) in [7, 11) is 1.51. The topological polar surface area (TPSA) is 41.6 Å². The molecule has 2 aliphatic heterocycles. The van der Waals surface area contributed by atoms with Crippen LogP contribution in [0.5, 0.6) is 0 Å². The van der Waals surface area contributed by atoms with Gasteiger partial charge in [-0.25, -0.2) is 0 Å². The third kappa shape index (κ3) is 3.02. The number of carbonyl (C=O) groups excluding carboxylic acids is 1. The molecule has 1 spiro atoms. The standard InChI is InChI=1S/C27H30N2O2Se/c1-4-16-29-17-15-27-21-13-9-10-14-22(21)28-23(27)20(24(30)31-3)18-26(5-2,25(27)29)32-19-11-7-6-8-12-19/h4,6-14,25,28H,1,5,15-18H2,2-3H3/t25-,26-,27-/m0/s1. The summed E-state index contributed by atoms with van der Waals surface area (Å²) in [6.45, 7) is 8.23. The molecule has 5 heteroatoms. The Hall–Kier alpha value is -2.33. The second-order valence-electron chi connectivity index (χ2n) is 8.93. The first kappa shape index (κ1) is 21.5. The Morgan fingerprint density at radius 2 is 2.00 bits per heavy atom. The molecule has 0 saturated carbocycles. The van der Waals surface area contributed by atoms with E-state index in [1.54, 1.807) is 0 Å². The summed E-state index contributed by atoms with van der Waals surface area (Å²) >= 11 is 0.187. The number of likely N-dealkylation sites (tertiary alicyclic amines) is 1. The maximum absolute atomic E-state index is 13.2. The first-order valence-corrected chi connectivity index (χ1v) is 13.1. The van der Waals surface area contributed by atoms with Crippen LogP contribution >= 0.6 is 0 Å². The summed E-state index contributed by atoms with van der Waals surface area (Å²) < 4.78 is 6.70. The van der Waals surface area contributed by atoms with E-state index in [0.29, 0.717) is 6.04 Å². The van der Waals surface area contributed by atoms with Crippen LogP contribution in [0.2, 0.25) is 4.31 Å². The number of carbonyl (C=O) groups is 1. The summed E-state index contributed by atoms with van der Waals surface area (Å²) in [5, 5.41) is 3.69. The molecule has 3 atom stereocenters. The van der Waals surface area contributed by atoms with Crippen LogP contribution in [-0.4, -0.2) is 52.1 Å². The van der Waals surface area contributed by atoms with Crippen molar-refractivity contribution >= 4 is 31.1 Å². The van der Waals surface area contributed by atoms with Crippen molar-refractivity contribution in [2.75, 3.05) is 25.5 Å². The molecular formula is C27H30N2O2Se. The van der Waals surface area contributed by atoms with Crippen molar-refractivity contribution in [2.45, 2.75) is 42.0 Å². The Labute approximate surface area is 196 Å². The Bertz CT molecular complexity index is 1080. The average molecular weight is 494 g/mol. The van der Waals surface area contributed by atoms with Gasteiger partial charge in [-0.05, 0) is 0 Å². The molecule has 3 aliphatic rings. The summed E-state index contributed by atoms with van der Waals surface area (Å²) in [4.78, 5) is 15.8. The number of nitrogens with zero attached hydrogens (tertiary/aromatic N) is 1. The minimum atomic E-state index is -0.214. The monoisotopic (exact) mass is 494 g/mol. The van der Waals surface area contributed by atoms with E-state index in [1.165, 1.54) is 17.1 Å². The molecule has 166 valence electrons. The van der Waals surface area contributed by atoms with Gasteiger partial charge < -0.3 is 0 Å². The molecule has 2 heterocycles. The van der Waals surface area contributed by atoms with Crippen LogP contribution in [0.1, 0.15) is 31.7 Å². The Morgan fingerprint density at radius 3 is 2.72 bits per heavy atom. The van der Waals surface area contributed by atoms with E-state index in [1.807, 2.05) is 6.08 Å². The van der Waals surface area contributed by atoms with E-state index in [4.69, 9.17) is 4.74 Å². The SMILES string of the molecule is C=CCN1CC[C@]23C(=C(C(=O)OC)C[C@](CC)([Se]c4ccccc4)[C@H]12)Nc1ccccc13. The van der Waals surface area contributed by atoms with Crippen LogP contribution in [0.25, 0.3) is 0 Å². The van der Waals surface area contributed by atoms with Gasteiger partial charge in [-0.3, -0.25) is 0 Å². The Balaban J connectivity index is 1.77. The number of ether oxygens (including phenoxy) is 1. The molecule has 1 N–H and O–H groups in total. The van der Waals surface area contributed by atoms with Crippen molar-refractivity contribution in [3.8, 4) is 0 Å². The summed E-state index contributed by atoms with van der Waals surface area (Å²) in [6, 6.07) is 19.7. The number of benzene rings is 2. The molecule has 5 rings (SSSR count). The molecule has 4 nitrogen and oxygen atoms in total. The molecular weight excluding hydrogens is 463 g/mol. The Kier molecular flexibility index (Phi) is 5.53. The molecule has 0 bridgehead atoms. The van der Waals surface area contributed by atoms with E-state index in [9.17, 15) is 4.79 Å². The predicted molar refractivity (Wildman–Crippen MR) is 130 cm³/mol. The van der Waals surface area contributed by atoms with Crippen LogP contribution in [0, 0.1) is 0 Å². The van der Waals surface area contributed by atoms with Gasteiger partial charge >= 0.3 is 197 Å².